The van der Waals surface area contributed by atoms with Crippen molar-refractivity contribution in [1.29, 1.82) is 0 Å². The molecule has 0 spiro atoms. The zero-order valence-electron chi connectivity index (χ0n) is 8.98. The van der Waals surface area contributed by atoms with E-state index in [0.717, 1.165) is 15.7 Å². The van der Waals surface area contributed by atoms with Crippen LogP contribution in [0.4, 0.5) is 5.69 Å². The summed E-state index contributed by atoms with van der Waals surface area (Å²) in [4.78, 5) is 0. The largest absolute Gasteiger partial charge is 0.398 e. The third kappa shape index (κ3) is 1.75. The van der Waals surface area contributed by atoms with Crippen molar-refractivity contribution in [3.05, 3.63) is 52.3 Å². The topological polar surface area (TPSA) is 26.0 Å². The molecule has 0 saturated heterocycles. The third-order valence-electron chi connectivity index (χ3n) is 2.80. The van der Waals surface area contributed by atoms with Crippen molar-refractivity contribution in [2.45, 2.75) is 0 Å². The summed E-state index contributed by atoms with van der Waals surface area (Å²) in [7, 11) is 0. The molecule has 1 heterocycles. The molecule has 0 fully saturated rings. The number of nitrogens with two attached hydrogens (primary N) is 1. The summed E-state index contributed by atoms with van der Waals surface area (Å²) in [5, 5.41) is 3.42. The fourth-order valence-electron chi connectivity index (χ4n) is 1.97. The number of nitrogen functional groups attached to an aromatic ring is 1. The van der Waals surface area contributed by atoms with Crippen molar-refractivity contribution in [2.24, 2.45) is 0 Å². The molecule has 0 aliphatic heterocycles. The quantitative estimate of drug-likeness (QED) is 0.635. The van der Waals surface area contributed by atoms with Crippen molar-refractivity contribution in [3.8, 4) is 11.1 Å². The number of fused-ring (bicyclic) bond motifs is 1. The summed E-state index contributed by atoms with van der Waals surface area (Å²) in [5.41, 5.74) is 9.18. The lowest BCUT2D eigenvalue weighted by Crippen LogP contribution is -1.88. The number of para-hydroxylation sites is 1. The summed E-state index contributed by atoms with van der Waals surface area (Å²) in [6, 6.07) is 14.3. The van der Waals surface area contributed by atoms with E-state index in [-0.39, 0.29) is 0 Å². The van der Waals surface area contributed by atoms with Gasteiger partial charge in [0, 0.05) is 31.4 Å². The van der Waals surface area contributed by atoms with Gasteiger partial charge in [0.1, 0.15) is 0 Å². The number of hydrogen-bond donors (Lipinski definition) is 1. The predicted molar refractivity (Wildman–Crippen MR) is 79.4 cm³/mol. The minimum atomic E-state index is 0.826. The Morgan fingerprint density at radius 1 is 0.941 bits per heavy atom. The molecule has 0 amide bonds. The number of halogens is 1. The minimum absolute atomic E-state index is 0.826. The second-order valence-corrected chi connectivity index (χ2v) is 5.59. The van der Waals surface area contributed by atoms with Crippen LogP contribution in [0.25, 0.3) is 21.2 Å². The maximum atomic E-state index is 6.03. The van der Waals surface area contributed by atoms with Crippen LogP contribution < -0.4 is 5.73 Å². The van der Waals surface area contributed by atoms with Gasteiger partial charge in [0.15, 0.2) is 0 Å². The second kappa shape index (κ2) is 4.17. The van der Waals surface area contributed by atoms with Gasteiger partial charge in [-0.15, -0.1) is 11.3 Å². The van der Waals surface area contributed by atoms with E-state index in [1.807, 2.05) is 18.2 Å². The Morgan fingerprint density at radius 2 is 1.76 bits per heavy atom. The van der Waals surface area contributed by atoms with Crippen LogP contribution in [-0.2, 0) is 0 Å². The molecule has 0 bridgehead atoms. The molecule has 0 aliphatic rings. The van der Waals surface area contributed by atoms with Crippen LogP contribution >= 0.6 is 27.3 Å². The molecular formula is C14H10BrNS. The smallest absolute Gasteiger partial charge is 0.0491 e. The van der Waals surface area contributed by atoms with Gasteiger partial charge in [0.05, 0.1) is 0 Å². The maximum Gasteiger partial charge on any atom is 0.0491 e. The number of thiophene rings is 1. The molecule has 0 aliphatic carbocycles. The molecule has 2 N–H and O–H groups in total. The number of benzene rings is 2. The van der Waals surface area contributed by atoms with E-state index in [2.05, 4.69) is 45.6 Å². The monoisotopic (exact) mass is 303 g/mol. The Hall–Kier alpha value is -1.32. The summed E-state index contributed by atoms with van der Waals surface area (Å²) in [5.74, 6) is 0. The number of rotatable bonds is 1. The SMILES string of the molecule is Nc1ccccc1-c1csc2c(Br)cccc12. The van der Waals surface area contributed by atoms with E-state index < -0.39 is 0 Å². The molecule has 0 saturated carbocycles. The third-order valence-corrected chi connectivity index (χ3v) is 4.76. The van der Waals surface area contributed by atoms with Crippen LogP contribution in [0.15, 0.2) is 52.3 Å². The van der Waals surface area contributed by atoms with Crippen LogP contribution in [-0.4, -0.2) is 0 Å². The lowest BCUT2D eigenvalue weighted by Gasteiger charge is -2.04. The van der Waals surface area contributed by atoms with Crippen molar-refractivity contribution in [3.63, 3.8) is 0 Å². The highest BCUT2D eigenvalue weighted by molar-refractivity contribution is 9.10. The summed E-state index contributed by atoms with van der Waals surface area (Å²) in [6.45, 7) is 0. The molecule has 84 valence electrons. The molecule has 17 heavy (non-hydrogen) atoms. The lowest BCUT2D eigenvalue weighted by atomic mass is 10.0. The van der Waals surface area contributed by atoms with Gasteiger partial charge in [-0.25, -0.2) is 0 Å². The molecule has 1 aromatic heterocycles. The average Bonchev–Trinajstić information content (AvgIpc) is 2.75. The van der Waals surface area contributed by atoms with Gasteiger partial charge in [-0.2, -0.15) is 0 Å². The average molecular weight is 304 g/mol. The first-order valence-electron chi connectivity index (χ1n) is 5.28. The molecule has 2 aromatic carbocycles. The lowest BCUT2D eigenvalue weighted by molar-refractivity contribution is 1.66. The zero-order chi connectivity index (χ0) is 11.8. The van der Waals surface area contributed by atoms with E-state index in [9.17, 15) is 0 Å². The minimum Gasteiger partial charge on any atom is -0.398 e. The van der Waals surface area contributed by atoms with Crippen LogP contribution in [0.3, 0.4) is 0 Å². The van der Waals surface area contributed by atoms with Crippen molar-refractivity contribution < 1.29 is 0 Å². The van der Waals surface area contributed by atoms with Gasteiger partial charge in [-0.3, -0.25) is 0 Å². The summed E-state index contributed by atoms with van der Waals surface area (Å²) < 4.78 is 2.41. The van der Waals surface area contributed by atoms with E-state index in [1.54, 1.807) is 11.3 Å². The molecular weight excluding hydrogens is 294 g/mol. The molecule has 3 rings (SSSR count). The fraction of sp³-hybridized carbons (Fsp3) is 0. The summed E-state index contributed by atoms with van der Waals surface area (Å²) in [6.07, 6.45) is 0. The van der Waals surface area contributed by atoms with Gasteiger partial charge < -0.3 is 5.73 Å². The Morgan fingerprint density at radius 3 is 2.59 bits per heavy atom. The first-order valence-corrected chi connectivity index (χ1v) is 6.95. The normalized spacial score (nSPS) is 10.9. The van der Waals surface area contributed by atoms with Gasteiger partial charge in [0.2, 0.25) is 0 Å². The molecule has 3 heteroatoms. The van der Waals surface area contributed by atoms with Crippen molar-refractivity contribution in [2.75, 3.05) is 5.73 Å². The van der Waals surface area contributed by atoms with Gasteiger partial charge in [0.25, 0.3) is 0 Å². The van der Waals surface area contributed by atoms with E-state index >= 15 is 0 Å². The Labute approximate surface area is 112 Å². The van der Waals surface area contributed by atoms with Gasteiger partial charge >= 0.3 is 0 Å². The molecule has 1 nitrogen and oxygen atoms in total. The van der Waals surface area contributed by atoms with E-state index in [4.69, 9.17) is 5.73 Å². The molecule has 0 unspecified atom stereocenters. The highest BCUT2D eigenvalue weighted by Gasteiger charge is 2.09. The number of hydrogen-bond acceptors (Lipinski definition) is 2. The zero-order valence-corrected chi connectivity index (χ0v) is 11.4. The van der Waals surface area contributed by atoms with Gasteiger partial charge in [-0.1, -0.05) is 30.3 Å². The van der Waals surface area contributed by atoms with Gasteiger partial charge in [-0.05, 0) is 33.4 Å². The maximum absolute atomic E-state index is 6.03. The van der Waals surface area contributed by atoms with Crippen LogP contribution in [0.1, 0.15) is 0 Å². The first-order chi connectivity index (χ1) is 8.27. The fourth-order valence-corrected chi connectivity index (χ4v) is 3.59. The summed E-state index contributed by atoms with van der Waals surface area (Å²) >= 11 is 5.32. The van der Waals surface area contributed by atoms with E-state index in [0.29, 0.717) is 0 Å². The highest BCUT2D eigenvalue weighted by Crippen LogP contribution is 2.39. The second-order valence-electron chi connectivity index (χ2n) is 3.85. The van der Waals surface area contributed by atoms with Crippen LogP contribution in [0.2, 0.25) is 0 Å². The number of anilines is 1. The Bertz CT molecular complexity index is 688. The van der Waals surface area contributed by atoms with Crippen LogP contribution in [0, 0.1) is 0 Å². The predicted octanol–water partition coefficient (Wildman–Crippen LogP) is 4.91. The molecule has 3 aromatic rings. The Kier molecular flexibility index (Phi) is 2.65. The van der Waals surface area contributed by atoms with Crippen LogP contribution in [0.5, 0.6) is 0 Å². The first kappa shape index (κ1) is 10.8. The van der Waals surface area contributed by atoms with Crippen molar-refractivity contribution >= 4 is 43.0 Å². The molecule has 0 atom stereocenters. The van der Waals surface area contributed by atoms with Crippen molar-refractivity contribution in [1.82, 2.24) is 0 Å². The highest BCUT2D eigenvalue weighted by atomic mass is 79.9. The van der Waals surface area contributed by atoms with E-state index in [1.165, 1.54) is 15.6 Å². The Balaban J connectivity index is 2.33. The standard InChI is InChI=1S/C14H10BrNS/c15-12-6-3-5-10-11(8-17-14(10)12)9-4-1-2-7-13(9)16/h1-8H,16H2. The molecule has 0 radical (unpaired) electrons.